The number of amides is 2. The molecule has 4 saturated heterocycles. The van der Waals surface area contributed by atoms with Crippen molar-refractivity contribution in [1.82, 2.24) is 15.3 Å². The number of rotatable bonds is 18. The third-order valence-corrected chi connectivity index (χ3v) is 11.1. The van der Waals surface area contributed by atoms with Gasteiger partial charge < -0.3 is 39.4 Å². The van der Waals surface area contributed by atoms with E-state index in [1.54, 1.807) is 16.0 Å². The second kappa shape index (κ2) is 16.7. The number of fused-ring (bicyclic) bond motifs is 4. The van der Waals surface area contributed by atoms with Gasteiger partial charge in [-0.05, 0) is 42.9 Å². The lowest BCUT2D eigenvalue weighted by atomic mass is 9.62. The van der Waals surface area contributed by atoms with Crippen molar-refractivity contribution in [1.29, 1.82) is 0 Å². The summed E-state index contributed by atoms with van der Waals surface area (Å²) < 4.78 is 25.4. The normalized spacial score (nSPS) is 30.8. The Balaban J connectivity index is 1.35. The number of hydroxylamine groups is 2. The zero-order chi connectivity index (χ0) is 36.0. The highest BCUT2D eigenvalue weighted by atomic mass is 16.8. The number of hydrogen-bond donors (Lipinski definition) is 3. The van der Waals surface area contributed by atoms with Gasteiger partial charge in [0.05, 0.1) is 26.0 Å². The van der Waals surface area contributed by atoms with Gasteiger partial charge in [-0.25, -0.2) is 0 Å². The fourth-order valence-electron chi connectivity index (χ4n) is 8.75. The van der Waals surface area contributed by atoms with E-state index in [0.717, 1.165) is 49.7 Å². The Labute approximate surface area is 300 Å². The Morgan fingerprint density at radius 3 is 2.55 bits per heavy atom. The first-order chi connectivity index (χ1) is 24.8. The van der Waals surface area contributed by atoms with Crippen LogP contribution in [-0.2, 0) is 44.7 Å². The Hall–Kier alpha value is -3.07. The van der Waals surface area contributed by atoms with E-state index in [0.29, 0.717) is 32.2 Å². The van der Waals surface area contributed by atoms with Gasteiger partial charge in [-0.1, -0.05) is 63.8 Å². The SMILES string of the molecule is CCCCCC1(CCCCC)O[C@@H]2[C@H](O1)[C@H]1ON(Cc3cccc(C=COCCO)c3)[C@H]3C(=O)O[C@@H]2C[C@@]13C(=O)N1CCC[C@@H]1C(=O)NCCO. The van der Waals surface area contributed by atoms with Crippen LogP contribution in [0.2, 0.25) is 0 Å². The lowest BCUT2D eigenvalue weighted by molar-refractivity contribution is -0.225. The molecule has 1 aromatic carbocycles. The minimum Gasteiger partial charge on any atom is -0.499 e. The predicted octanol–water partition coefficient (Wildman–Crippen LogP) is 3.21. The highest BCUT2D eigenvalue weighted by Gasteiger charge is 2.77. The number of aliphatic hydroxyl groups is 2. The van der Waals surface area contributed by atoms with E-state index in [1.165, 1.54) is 6.26 Å². The molecule has 1 aliphatic carbocycles. The van der Waals surface area contributed by atoms with Gasteiger partial charge >= 0.3 is 5.97 Å². The molecule has 13 heteroatoms. The summed E-state index contributed by atoms with van der Waals surface area (Å²) >= 11 is 0. The maximum atomic E-state index is 15.2. The van der Waals surface area contributed by atoms with E-state index in [2.05, 4.69) is 19.2 Å². The van der Waals surface area contributed by atoms with Crippen LogP contribution in [0.3, 0.4) is 0 Å². The molecule has 1 saturated carbocycles. The summed E-state index contributed by atoms with van der Waals surface area (Å²) in [7, 11) is 0. The lowest BCUT2D eigenvalue weighted by Gasteiger charge is -2.50. The lowest BCUT2D eigenvalue weighted by Crippen LogP contribution is -2.70. The minimum absolute atomic E-state index is 0.0859. The summed E-state index contributed by atoms with van der Waals surface area (Å²) in [5.41, 5.74) is 0.319. The van der Waals surface area contributed by atoms with E-state index < -0.39 is 53.7 Å². The number of likely N-dealkylation sites (tertiary alicyclic amines) is 1. The van der Waals surface area contributed by atoms with Gasteiger partial charge in [-0.2, -0.15) is 5.06 Å². The van der Waals surface area contributed by atoms with E-state index in [9.17, 15) is 14.7 Å². The van der Waals surface area contributed by atoms with Crippen LogP contribution in [0.15, 0.2) is 30.5 Å². The Kier molecular flexibility index (Phi) is 12.4. The standard InChI is InChI=1S/C38H55N3O10/c1-3-5-7-15-37(16-8-6-4-2)49-30-29-24-38(36(46)40-18-10-13-28(40)34(44)39-17-19-42)32(35(45)48-29)41(51-33(38)31(30)50-37)25-27-12-9-11-26(23-27)14-21-47-22-20-43/h9,11-12,14,21,23,28-33,42-43H,3-8,10,13,15-20,22,24-25H2,1-2H3,(H,39,44)/t28-,29-,30+,31+,32+,33-,38+/m1/s1. The van der Waals surface area contributed by atoms with Gasteiger partial charge in [0, 0.05) is 32.4 Å². The Morgan fingerprint density at radius 1 is 1.06 bits per heavy atom. The van der Waals surface area contributed by atoms with Crippen molar-refractivity contribution in [2.75, 3.05) is 32.9 Å². The van der Waals surface area contributed by atoms with E-state index in [4.69, 9.17) is 28.9 Å². The maximum absolute atomic E-state index is 15.2. The zero-order valence-electron chi connectivity index (χ0n) is 30.0. The molecule has 4 heterocycles. The van der Waals surface area contributed by atoms with Crippen LogP contribution in [0.5, 0.6) is 0 Å². The number of esters is 1. The summed E-state index contributed by atoms with van der Waals surface area (Å²) in [5.74, 6) is -2.05. The van der Waals surface area contributed by atoms with Gasteiger partial charge in [0.15, 0.2) is 11.8 Å². The number of ether oxygens (including phenoxy) is 4. The molecule has 2 bridgehead atoms. The average molecular weight is 714 g/mol. The van der Waals surface area contributed by atoms with Crippen LogP contribution in [0.25, 0.3) is 6.08 Å². The van der Waals surface area contributed by atoms with Crippen molar-refractivity contribution in [2.24, 2.45) is 5.41 Å². The van der Waals surface area contributed by atoms with Crippen LogP contribution in [0.4, 0.5) is 0 Å². The summed E-state index contributed by atoms with van der Waals surface area (Å²) in [5, 5.41) is 22.7. The number of carbonyl (C=O) groups is 3. The smallest absolute Gasteiger partial charge is 0.327 e. The van der Waals surface area contributed by atoms with E-state index >= 15 is 4.79 Å². The number of aliphatic hydroxyl groups excluding tert-OH is 2. The summed E-state index contributed by atoms with van der Waals surface area (Å²) in [6.07, 6.45) is 9.20. The fourth-order valence-corrected chi connectivity index (χ4v) is 8.75. The van der Waals surface area contributed by atoms with Crippen LogP contribution in [0, 0.1) is 5.41 Å². The van der Waals surface area contributed by atoms with Crippen molar-refractivity contribution >= 4 is 23.9 Å². The van der Waals surface area contributed by atoms with Gasteiger partial charge in [-0.3, -0.25) is 19.2 Å². The topological polar surface area (TPSA) is 156 Å². The first-order valence-corrected chi connectivity index (χ1v) is 19.0. The highest BCUT2D eigenvalue weighted by Crippen LogP contribution is 2.59. The molecule has 0 aromatic heterocycles. The highest BCUT2D eigenvalue weighted by molar-refractivity contribution is 5.96. The molecule has 282 valence electrons. The van der Waals surface area contributed by atoms with Gasteiger partial charge in [-0.15, -0.1) is 0 Å². The first-order valence-electron chi connectivity index (χ1n) is 19.0. The summed E-state index contributed by atoms with van der Waals surface area (Å²) in [4.78, 5) is 51.1. The number of hydrogen-bond acceptors (Lipinski definition) is 11. The average Bonchev–Trinajstić information content (AvgIpc) is 3.85. The molecule has 7 atom stereocenters. The molecule has 1 aromatic rings. The van der Waals surface area contributed by atoms with Crippen molar-refractivity contribution in [2.45, 2.75) is 133 Å². The van der Waals surface area contributed by atoms with Crippen LogP contribution in [0.1, 0.15) is 95.6 Å². The molecule has 51 heavy (non-hydrogen) atoms. The minimum atomic E-state index is -1.37. The first kappa shape index (κ1) is 37.7. The van der Waals surface area contributed by atoms with Crippen molar-refractivity contribution in [3.05, 3.63) is 41.7 Å². The maximum Gasteiger partial charge on any atom is 0.327 e. The second-order valence-corrected chi connectivity index (χ2v) is 14.5. The monoisotopic (exact) mass is 713 g/mol. The Morgan fingerprint density at radius 2 is 1.82 bits per heavy atom. The van der Waals surface area contributed by atoms with Gasteiger partial charge in [0.2, 0.25) is 11.8 Å². The number of nitrogens with one attached hydrogen (secondary N) is 1. The largest absolute Gasteiger partial charge is 0.499 e. The quantitative estimate of drug-likeness (QED) is 0.117. The molecule has 6 rings (SSSR count). The zero-order valence-corrected chi connectivity index (χ0v) is 30.0. The molecule has 0 spiro atoms. The third-order valence-electron chi connectivity index (χ3n) is 11.1. The summed E-state index contributed by atoms with van der Waals surface area (Å²) in [6.45, 7) is 4.86. The van der Waals surface area contributed by atoms with Crippen LogP contribution >= 0.6 is 0 Å². The molecule has 3 N–H and O–H groups in total. The predicted molar refractivity (Wildman–Crippen MR) is 185 cm³/mol. The Bertz CT molecular complexity index is 1400. The van der Waals surface area contributed by atoms with Crippen LogP contribution < -0.4 is 5.32 Å². The number of benzene rings is 1. The second-order valence-electron chi connectivity index (χ2n) is 14.5. The van der Waals surface area contributed by atoms with Gasteiger partial charge in [0.25, 0.3) is 0 Å². The van der Waals surface area contributed by atoms with Crippen molar-refractivity contribution < 1.29 is 48.4 Å². The molecule has 4 aliphatic heterocycles. The van der Waals surface area contributed by atoms with Gasteiger partial charge in [0.1, 0.15) is 42.5 Å². The molecule has 5 aliphatic rings. The number of nitrogens with zero attached hydrogens (tertiary/aromatic N) is 2. The summed E-state index contributed by atoms with van der Waals surface area (Å²) in [6, 6.07) is 5.89. The van der Waals surface area contributed by atoms with Crippen LogP contribution in [-0.4, -0.2) is 113 Å². The van der Waals surface area contributed by atoms with E-state index in [-0.39, 0.29) is 51.1 Å². The number of unbranched alkanes of at least 4 members (excludes halogenated alkanes) is 4. The van der Waals surface area contributed by atoms with Crippen molar-refractivity contribution in [3.8, 4) is 0 Å². The number of carbonyl (C=O) groups excluding carboxylic acids is 3. The molecular weight excluding hydrogens is 658 g/mol. The third kappa shape index (κ3) is 7.56. The molecule has 2 amide bonds. The molecule has 0 radical (unpaired) electrons. The molecule has 5 fully saturated rings. The molecule has 0 unspecified atom stereocenters. The van der Waals surface area contributed by atoms with E-state index in [1.807, 2.05) is 24.3 Å². The van der Waals surface area contributed by atoms with Crippen molar-refractivity contribution in [3.63, 3.8) is 0 Å². The fraction of sp³-hybridized carbons (Fsp3) is 0.711. The molecular formula is C38H55N3O10. The molecule has 13 nitrogen and oxygen atoms in total.